The van der Waals surface area contributed by atoms with Crippen LogP contribution in [-0.4, -0.2) is 17.2 Å². The van der Waals surface area contributed by atoms with Gasteiger partial charge in [-0.1, -0.05) is 0 Å². The number of thiophene rings is 1. The monoisotopic (exact) mass is 261 g/mol. The van der Waals surface area contributed by atoms with Gasteiger partial charge in [-0.15, -0.1) is 11.3 Å². The number of fused-ring (bicyclic) bond motifs is 1. The summed E-state index contributed by atoms with van der Waals surface area (Å²) in [4.78, 5) is 6.52. The van der Waals surface area contributed by atoms with Gasteiger partial charge in [-0.2, -0.15) is 0 Å². The number of hydrogen-bond donors (Lipinski definition) is 1. The smallest absolute Gasteiger partial charge is 0.137 e. The van der Waals surface area contributed by atoms with Crippen molar-refractivity contribution in [2.24, 2.45) is 0 Å². The van der Waals surface area contributed by atoms with Crippen molar-refractivity contribution < 1.29 is 9.84 Å². The second-order valence-corrected chi connectivity index (χ2v) is 5.68. The van der Waals surface area contributed by atoms with Crippen LogP contribution in [0.25, 0.3) is 0 Å². The Morgan fingerprint density at radius 1 is 1.33 bits per heavy atom. The molecule has 0 amide bonds. The topological polar surface area (TPSA) is 42.4 Å². The minimum absolute atomic E-state index is 0.594. The van der Waals surface area contributed by atoms with Gasteiger partial charge >= 0.3 is 0 Å². The zero-order valence-corrected chi connectivity index (χ0v) is 11.0. The number of aryl methyl sites for hydroxylation is 2. The van der Waals surface area contributed by atoms with Crippen molar-refractivity contribution in [2.45, 2.75) is 25.4 Å². The first kappa shape index (κ1) is 11.7. The van der Waals surface area contributed by atoms with Gasteiger partial charge in [0.15, 0.2) is 0 Å². The summed E-state index contributed by atoms with van der Waals surface area (Å²) >= 11 is 1.72. The molecule has 0 aromatic carbocycles. The molecule has 1 aliphatic rings. The average molecular weight is 261 g/mol. The predicted molar refractivity (Wildman–Crippen MR) is 71.2 cm³/mol. The first-order valence-corrected chi connectivity index (χ1v) is 6.88. The van der Waals surface area contributed by atoms with Crippen LogP contribution in [-0.2, 0) is 12.8 Å². The fraction of sp³-hybridized carbons (Fsp3) is 0.357. The Balaban J connectivity index is 1.90. The normalized spacial score (nSPS) is 15.4. The number of rotatable bonds is 3. The molecule has 0 fully saturated rings. The van der Waals surface area contributed by atoms with Gasteiger partial charge in [0.2, 0.25) is 0 Å². The number of aromatic nitrogens is 1. The van der Waals surface area contributed by atoms with Crippen molar-refractivity contribution in [3.05, 3.63) is 45.4 Å². The van der Waals surface area contributed by atoms with E-state index >= 15 is 0 Å². The zero-order valence-electron chi connectivity index (χ0n) is 10.2. The van der Waals surface area contributed by atoms with E-state index in [9.17, 15) is 5.11 Å². The maximum Gasteiger partial charge on any atom is 0.137 e. The maximum atomic E-state index is 10.4. The molecular formula is C14H15NO2S. The summed E-state index contributed by atoms with van der Waals surface area (Å²) in [7, 11) is 1.60. The molecular weight excluding hydrogens is 246 g/mol. The Kier molecular flexibility index (Phi) is 3.06. The molecule has 0 saturated carbocycles. The minimum atomic E-state index is -0.594. The number of hydrogen-bond acceptors (Lipinski definition) is 4. The fourth-order valence-corrected chi connectivity index (χ4v) is 3.62. The van der Waals surface area contributed by atoms with Crippen LogP contribution in [0.2, 0.25) is 0 Å². The third kappa shape index (κ3) is 2.02. The second-order valence-electron chi connectivity index (χ2n) is 4.51. The zero-order chi connectivity index (χ0) is 12.5. The Morgan fingerprint density at radius 3 is 3.00 bits per heavy atom. The van der Waals surface area contributed by atoms with Crippen LogP contribution in [0.3, 0.4) is 0 Å². The second kappa shape index (κ2) is 4.71. The third-order valence-electron chi connectivity index (χ3n) is 3.32. The van der Waals surface area contributed by atoms with Gasteiger partial charge in [-0.25, -0.2) is 0 Å². The highest BCUT2D eigenvalue weighted by molar-refractivity contribution is 7.12. The molecule has 1 atom stereocenters. The van der Waals surface area contributed by atoms with E-state index in [-0.39, 0.29) is 0 Å². The molecule has 2 aromatic rings. The van der Waals surface area contributed by atoms with E-state index in [0.717, 1.165) is 23.3 Å². The molecule has 0 bridgehead atoms. The molecule has 2 heterocycles. The quantitative estimate of drug-likeness (QED) is 0.923. The van der Waals surface area contributed by atoms with E-state index in [4.69, 9.17) is 4.74 Å². The highest BCUT2D eigenvalue weighted by Crippen LogP contribution is 2.36. The third-order valence-corrected chi connectivity index (χ3v) is 4.61. The van der Waals surface area contributed by atoms with Gasteiger partial charge in [0, 0.05) is 21.5 Å². The molecule has 1 N–H and O–H groups in total. The Hall–Kier alpha value is -1.39. The van der Waals surface area contributed by atoms with Gasteiger partial charge in [-0.3, -0.25) is 4.98 Å². The van der Waals surface area contributed by atoms with E-state index < -0.39 is 6.10 Å². The van der Waals surface area contributed by atoms with Gasteiger partial charge in [0.1, 0.15) is 11.9 Å². The SMILES string of the molecule is COc1cncc(C(O)c2cc3c(s2)CCC3)c1. The molecule has 94 valence electrons. The lowest BCUT2D eigenvalue weighted by molar-refractivity contribution is 0.223. The maximum absolute atomic E-state index is 10.4. The lowest BCUT2D eigenvalue weighted by Gasteiger charge is -2.09. The molecule has 2 aromatic heterocycles. The molecule has 3 rings (SSSR count). The first-order valence-electron chi connectivity index (χ1n) is 6.06. The number of methoxy groups -OCH3 is 1. The lowest BCUT2D eigenvalue weighted by Crippen LogP contribution is -1.98. The number of pyridine rings is 1. The highest BCUT2D eigenvalue weighted by Gasteiger charge is 2.20. The Labute approximate surface area is 110 Å². The molecule has 0 spiro atoms. The van der Waals surface area contributed by atoms with Crippen molar-refractivity contribution in [3.8, 4) is 5.75 Å². The predicted octanol–water partition coefficient (Wildman–Crippen LogP) is 2.72. The van der Waals surface area contributed by atoms with Crippen molar-refractivity contribution in [1.29, 1.82) is 0 Å². The van der Waals surface area contributed by atoms with Crippen molar-refractivity contribution in [2.75, 3.05) is 7.11 Å². The molecule has 4 heteroatoms. The van der Waals surface area contributed by atoms with E-state index in [1.165, 1.54) is 16.9 Å². The standard InChI is InChI=1S/C14H15NO2S/c1-17-11-5-10(7-15-8-11)14(16)13-6-9-3-2-4-12(9)18-13/h5-8,14,16H,2-4H2,1H3. The fourth-order valence-electron chi connectivity index (χ4n) is 2.35. The lowest BCUT2D eigenvalue weighted by atomic mass is 10.1. The summed E-state index contributed by atoms with van der Waals surface area (Å²) in [6.45, 7) is 0. The van der Waals surface area contributed by atoms with Crippen LogP contribution < -0.4 is 4.74 Å². The van der Waals surface area contributed by atoms with E-state index in [0.29, 0.717) is 5.75 Å². The molecule has 1 aliphatic carbocycles. The van der Waals surface area contributed by atoms with Crippen LogP contribution in [0, 0.1) is 0 Å². The van der Waals surface area contributed by atoms with Gasteiger partial charge in [-0.05, 0) is 37.0 Å². The van der Waals surface area contributed by atoms with Crippen LogP contribution in [0.5, 0.6) is 5.75 Å². The summed E-state index contributed by atoms with van der Waals surface area (Å²) in [5, 5.41) is 10.4. The van der Waals surface area contributed by atoms with E-state index in [2.05, 4.69) is 11.1 Å². The van der Waals surface area contributed by atoms with E-state index in [1.807, 2.05) is 6.07 Å². The largest absolute Gasteiger partial charge is 0.495 e. The van der Waals surface area contributed by atoms with Gasteiger partial charge in [0.05, 0.1) is 13.3 Å². The van der Waals surface area contributed by atoms with Gasteiger partial charge < -0.3 is 9.84 Å². The summed E-state index contributed by atoms with van der Waals surface area (Å²) in [6, 6.07) is 3.97. The Bertz CT molecular complexity index is 543. The van der Waals surface area contributed by atoms with Crippen LogP contribution in [0.4, 0.5) is 0 Å². The summed E-state index contributed by atoms with van der Waals surface area (Å²) in [5.41, 5.74) is 2.19. The van der Waals surface area contributed by atoms with Gasteiger partial charge in [0.25, 0.3) is 0 Å². The van der Waals surface area contributed by atoms with E-state index in [1.54, 1.807) is 30.8 Å². The summed E-state index contributed by atoms with van der Waals surface area (Å²) in [6.07, 6.45) is 6.29. The molecule has 18 heavy (non-hydrogen) atoms. The van der Waals surface area contributed by atoms with Crippen LogP contribution >= 0.6 is 11.3 Å². The molecule has 0 saturated heterocycles. The average Bonchev–Trinajstić information content (AvgIpc) is 2.98. The van der Waals surface area contributed by atoms with Crippen molar-refractivity contribution >= 4 is 11.3 Å². The molecule has 0 aliphatic heterocycles. The number of nitrogens with zero attached hydrogens (tertiary/aromatic N) is 1. The van der Waals surface area contributed by atoms with Crippen molar-refractivity contribution in [1.82, 2.24) is 4.98 Å². The highest BCUT2D eigenvalue weighted by atomic mass is 32.1. The first-order chi connectivity index (χ1) is 8.78. The van der Waals surface area contributed by atoms with Crippen molar-refractivity contribution in [3.63, 3.8) is 0 Å². The number of ether oxygens (including phenoxy) is 1. The number of aliphatic hydroxyl groups is 1. The Morgan fingerprint density at radius 2 is 2.22 bits per heavy atom. The molecule has 3 nitrogen and oxygen atoms in total. The van der Waals surface area contributed by atoms with Crippen LogP contribution in [0.15, 0.2) is 24.5 Å². The minimum Gasteiger partial charge on any atom is -0.495 e. The molecule has 1 unspecified atom stereocenters. The number of aliphatic hydroxyl groups excluding tert-OH is 1. The summed E-state index contributed by atoms with van der Waals surface area (Å²) in [5.74, 6) is 0.677. The molecule has 0 radical (unpaired) electrons. The summed E-state index contributed by atoms with van der Waals surface area (Å²) < 4.78 is 5.13. The van der Waals surface area contributed by atoms with Crippen LogP contribution in [0.1, 0.15) is 33.4 Å².